The van der Waals surface area contributed by atoms with Crippen molar-refractivity contribution in [2.45, 2.75) is 0 Å². The second kappa shape index (κ2) is 14.6. The van der Waals surface area contributed by atoms with Crippen LogP contribution < -0.4 is 43.3 Å². The van der Waals surface area contributed by atoms with E-state index in [2.05, 4.69) is 53.9 Å². The summed E-state index contributed by atoms with van der Waals surface area (Å²) in [7, 11) is 13.5. The van der Waals surface area contributed by atoms with Crippen LogP contribution in [0, 0.1) is 0 Å². The van der Waals surface area contributed by atoms with Crippen molar-refractivity contribution < 1.29 is 37.9 Å². The molecule has 3 aliphatic rings. The van der Waals surface area contributed by atoms with E-state index in [-0.39, 0.29) is 0 Å². The first-order chi connectivity index (χ1) is 22.9. The summed E-state index contributed by atoms with van der Waals surface area (Å²) in [4.78, 5) is 0. The molecule has 3 saturated heterocycles. The number of nitrogens with zero attached hydrogens (tertiary/aromatic N) is 4. The Morgan fingerprint density at radius 3 is 0.766 bits per heavy atom. The van der Waals surface area contributed by atoms with E-state index in [4.69, 9.17) is 37.9 Å². The third kappa shape index (κ3) is 6.51. The molecule has 0 N–H and O–H groups in total. The molecule has 0 unspecified atom stereocenters. The van der Waals surface area contributed by atoms with Gasteiger partial charge in [0.1, 0.15) is 0 Å². The van der Waals surface area contributed by atoms with Crippen molar-refractivity contribution in [2.75, 3.05) is 62.3 Å². The van der Waals surface area contributed by atoms with Crippen LogP contribution in [-0.4, -0.2) is 120 Å². The normalized spacial score (nSPS) is 16.7. The maximum atomic E-state index is 5.77. The Balaban J connectivity index is 1.62. The Hall–Kier alpha value is -3.12. The molecule has 4 aromatic carbocycles. The van der Waals surface area contributed by atoms with Gasteiger partial charge in [0.25, 0.3) is 0 Å². The number of fused-ring (bicyclic) bond motifs is 2. The van der Waals surface area contributed by atoms with E-state index in [1.807, 2.05) is 24.3 Å². The monoisotopic (exact) mass is 967 g/mol. The summed E-state index contributed by atoms with van der Waals surface area (Å²) in [6.45, 7) is 0. The van der Waals surface area contributed by atoms with Crippen LogP contribution in [0.1, 0.15) is 0 Å². The number of hydrogen-bond acceptors (Lipinski definition) is 12. The molecular weight excluding hydrogens is 925 g/mol. The van der Waals surface area contributed by atoms with E-state index in [1.165, 1.54) is 0 Å². The molecule has 0 spiro atoms. The van der Waals surface area contributed by atoms with Crippen molar-refractivity contribution in [1.29, 1.82) is 0 Å². The molecule has 247 valence electrons. The number of anilines is 4. The minimum absolute atomic E-state index is 0.747. The van der Waals surface area contributed by atoms with Crippen LogP contribution in [0.5, 0.6) is 46.0 Å². The van der Waals surface area contributed by atoms with Gasteiger partial charge >= 0.3 is 305 Å². The quantitative estimate of drug-likeness (QED) is 0.194. The first kappa shape index (κ1) is 33.8. The summed E-state index contributed by atoms with van der Waals surface area (Å²) in [5, 5.41) is 0. The van der Waals surface area contributed by atoms with Gasteiger partial charge in [-0.2, -0.15) is 0 Å². The van der Waals surface area contributed by atoms with Gasteiger partial charge in [-0.1, -0.05) is 0 Å². The number of methoxy groups -OCH3 is 8. The molecule has 0 aliphatic carbocycles. The van der Waals surface area contributed by atoms with E-state index >= 15 is 0 Å². The van der Waals surface area contributed by atoms with Crippen molar-refractivity contribution in [2.24, 2.45) is 0 Å². The van der Waals surface area contributed by atoms with Crippen molar-refractivity contribution in [3.63, 3.8) is 0 Å². The molecule has 1 radical (unpaired) electrons. The van der Waals surface area contributed by atoms with Crippen molar-refractivity contribution >= 4 is 85.6 Å². The number of rotatable bonds is 12. The molecule has 12 nitrogen and oxygen atoms in total. The maximum absolute atomic E-state index is 5.77. The molecule has 3 fully saturated rings. The van der Waals surface area contributed by atoms with Gasteiger partial charge in [-0.05, 0) is 0 Å². The third-order valence-corrected chi connectivity index (χ3v) is 60.8. The Morgan fingerprint density at radius 2 is 0.553 bits per heavy atom. The van der Waals surface area contributed by atoms with Gasteiger partial charge in [-0.15, -0.1) is 0 Å². The molecule has 3 aliphatic heterocycles. The predicted molar refractivity (Wildman–Crippen MR) is 190 cm³/mol. The van der Waals surface area contributed by atoms with E-state index in [0.29, 0.717) is 0 Å². The molecule has 0 amide bonds. The fraction of sp³-hybridized carbons (Fsp3) is 0.250. The zero-order chi connectivity index (χ0) is 33.2. The Labute approximate surface area is 302 Å². The molecule has 7 rings (SSSR count). The Morgan fingerprint density at radius 1 is 0.340 bits per heavy atom. The van der Waals surface area contributed by atoms with Gasteiger partial charge in [0.15, 0.2) is 0 Å². The van der Waals surface area contributed by atoms with Gasteiger partial charge in [0.05, 0.1) is 0 Å². The summed E-state index contributed by atoms with van der Waals surface area (Å²) < 4.78 is 57.1. The summed E-state index contributed by atoms with van der Waals surface area (Å²) in [5.41, 5.74) is 4.40. The van der Waals surface area contributed by atoms with E-state index in [0.717, 1.165) is 68.7 Å². The molecule has 0 atom stereocenters. The molecule has 15 heteroatoms. The van der Waals surface area contributed by atoms with E-state index in [9.17, 15) is 0 Å². The SMILES string of the molecule is COc1cc(OC)cc([N]2[SnH][N](c3cc(OC)cc(OC)c3)[SnH]3[N](c4cc(OC)cc(OC)c4)[SnH]2[N]3c2cc(OC)cc(OC)c2)c1. The molecule has 3 heterocycles. The number of hydrogen-bond donors (Lipinski definition) is 0. The average molecular weight is 964 g/mol. The zero-order valence-corrected chi connectivity index (χ0v) is 37.6. The van der Waals surface area contributed by atoms with Crippen molar-refractivity contribution in [3.05, 3.63) is 72.8 Å². The first-order valence-electron chi connectivity index (χ1n) is 14.8. The van der Waals surface area contributed by atoms with Gasteiger partial charge in [-0.25, -0.2) is 0 Å². The summed E-state index contributed by atoms with van der Waals surface area (Å²) in [5.74, 6) is 6.00. The van der Waals surface area contributed by atoms with Crippen LogP contribution >= 0.6 is 0 Å². The average Bonchev–Trinajstić information content (AvgIpc) is 3.13. The summed E-state index contributed by atoms with van der Waals surface area (Å²) in [6.07, 6.45) is 0. The standard InChI is InChI=1S/4C8H9NO2.3Sn.3H/c4*1-10-7-3-6(9)4-8(5-7)11-2;;;;;;/h4*3-5H,1-2H3;;;;;;. The van der Waals surface area contributed by atoms with Crippen LogP contribution in [0.15, 0.2) is 72.8 Å². The summed E-state index contributed by atoms with van der Waals surface area (Å²) in [6, 6.07) is 24.7. The fourth-order valence-electron chi connectivity index (χ4n) is 5.93. The molecule has 0 aromatic heterocycles. The topological polar surface area (TPSA) is 86.8 Å². The number of benzene rings is 4. The van der Waals surface area contributed by atoms with Crippen molar-refractivity contribution in [3.8, 4) is 46.0 Å². The number of ether oxygens (including phenoxy) is 8. The predicted octanol–water partition coefficient (Wildman–Crippen LogP) is 3.81. The van der Waals surface area contributed by atoms with Crippen LogP contribution in [0.2, 0.25) is 0 Å². The van der Waals surface area contributed by atoms with Crippen LogP contribution in [0.3, 0.4) is 0 Å². The molecule has 4 aromatic rings. The molecular formula is C32H39N4O8Sn3. The van der Waals surface area contributed by atoms with E-state index in [1.54, 1.807) is 56.9 Å². The van der Waals surface area contributed by atoms with Gasteiger partial charge in [0, 0.05) is 0 Å². The van der Waals surface area contributed by atoms with Gasteiger partial charge in [-0.3, -0.25) is 0 Å². The van der Waals surface area contributed by atoms with Gasteiger partial charge < -0.3 is 0 Å². The second-order valence-corrected chi connectivity index (χ2v) is 47.5. The second-order valence-electron chi connectivity index (χ2n) is 10.7. The molecule has 2 bridgehead atoms. The zero-order valence-electron chi connectivity index (χ0n) is 27.7. The molecule has 47 heavy (non-hydrogen) atoms. The third-order valence-electron chi connectivity index (χ3n) is 8.28. The molecule has 0 saturated carbocycles. The fourth-order valence-corrected chi connectivity index (χ4v) is 110. The summed E-state index contributed by atoms with van der Waals surface area (Å²) >= 11 is -7.99. The van der Waals surface area contributed by atoms with E-state index < -0.39 is 62.8 Å². The van der Waals surface area contributed by atoms with Crippen LogP contribution in [0.4, 0.5) is 22.7 Å². The van der Waals surface area contributed by atoms with Crippen LogP contribution in [-0.2, 0) is 0 Å². The Kier molecular flexibility index (Phi) is 10.5. The first-order valence-corrected chi connectivity index (χ1v) is 26.6. The Bertz CT molecular complexity index is 1410. The van der Waals surface area contributed by atoms with Gasteiger partial charge in [0.2, 0.25) is 0 Å². The van der Waals surface area contributed by atoms with Crippen molar-refractivity contribution in [1.82, 2.24) is 0 Å². The minimum atomic E-state index is -3.14. The van der Waals surface area contributed by atoms with Crippen LogP contribution in [0.25, 0.3) is 0 Å².